The number of nitrogens with zero attached hydrogens (tertiary/aromatic N) is 8. The molecule has 2 aliphatic rings. The fourth-order valence-electron chi connectivity index (χ4n) is 5.24. The third kappa shape index (κ3) is 4.73. The Morgan fingerprint density at radius 1 is 1.11 bits per heavy atom. The number of fused-ring (bicyclic) bond motifs is 1. The highest BCUT2D eigenvalue weighted by atomic mass is 19.1. The van der Waals surface area contributed by atoms with Crippen LogP contribution in [-0.2, 0) is 0 Å². The lowest BCUT2D eigenvalue weighted by molar-refractivity contribution is 0.207. The van der Waals surface area contributed by atoms with Crippen LogP contribution in [0.5, 0.6) is 0 Å². The lowest BCUT2D eigenvalue weighted by atomic mass is 10.0. The zero-order valence-corrected chi connectivity index (χ0v) is 21.0. The van der Waals surface area contributed by atoms with E-state index in [2.05, 4.69) is 39.0 Å². The van der Waals surface area contributed by atoms with Crippen molar-refractivity contribution in [1.82, 2.24) is 39.6 Å². The number of urea groups is 1. The van der Waals surface area contributed by atoms with E-state index >= 15 is 0 Å². The van der Waals surface area contributed by atoms with Gasteiger partial charge in [0.05, 0.1) is 12.2 Å². The van der Waals surface area contributed by atoms with Gasteiger partial charge in [-0.2, -0.15) is 10.2 Å². The molecule has 0 unspecified atom stereocenters. The summed E-state index contributed by atoms with van der Waals surface area (Å²) < 4.78 is 15.3. The first-order valence-corrected chi connectivity index (χ1v) is 12.7. The maximum atomic E-state index is 13.6. The number of nitrogens with one attached hydrogen (secondary N) is 1. The number of aromatic amines is 1. The molecule has 38 heavy (non-hydrogen) atoms. The fraction of sp³-hybridized carbons (Fsp3) is 0.444. The molecule has 6 rings (SSSR count). The number of anilines is 1. The van der Waals surface area contributed by atoms with E-state index in [-0.39, 0.29) is 25.4 Å². The Balaban J connectivity index is 0.00000294. The van der Waals surface area contributed by atoms with E-state index in [1.54, 1.807) is 10.7 Å². The normalized spacial score (nSPS) is 20.2. The maximum absolute atomic E-state index is 13.6. The number of alkyl halides is 1. The monoisotopic (exact) mass is 519 g/mol. The van der Waals surface area contributed by atoms with E-state index in [1.165, 1.54) is 6.33 Å². The van der Waals surface area contributed by atoms with Gasteiger partial charge in [-0.15, -0.1) is 0 Å². The van der Waals surface area contributed by atoms with Crippen molar-refractivity contribution in [2.45, 2.75) is 39.9 Å². The number of hydrogen-bond donors (Lipinski definition) is 1. The molecule has 2 amide bonds. The summed E-state index contributed by atoms with van der Waals surface area (Å²) in [6.45, 7) is 7.37. The lowest BCUT2D eigenvalue weighted by Gasteiger charge is -2.25. The topological polar surface area (TPSA) is 98.5 Å². The standard InChI is InChI=1S/C26H30FN9O.CH4/c1-17(2)22-15-34(12-11-33-9-7-20(27)14-33)26(37)36(22)23-8-10-35-25(31-23)21(13-30-35)18-3-5-19(6-4-18)24-28-16-29-32-24;/h3-6,8,10,13,16-17,20,22H,7,9,11-12,14-15H2,1-2H3,(H,28,29,32);1H4/t20-,22+;/m0./s1. The van der Waals surface area contributed by atoms with Gasteiger partial charge >= 0.3 is 6.03 Å². The number of halogens is 1. The number of H-pyrrole nitrogens is 1. The molecule has 1 N–H and O–H groups in total. The van der Waals surface area contributed by atoms with Crippen LogP contribution in [0.4, 0.5) is 15.0 Å². The van der Waals surface area contributed by atoms with Crippen molar-refractivity contribution >= 4 is 17.5 Å². The Morgan fingerprint density at radius 3 is 2.58 bits per heavy atom. The first-order valence-electron chi connectivity index (χ1n) is 12.7. The van der Waals surface area contributed by atoms with Gasteiger partial charge in [0, 0.05) is 50.0 Å². The molecule has 2 saturated heterocycles. The number of aromatic nitrogens is 6. The van der Waals surface area contributed by atoms with Crippen molar-refractivity contribution in [2.24, 2.45) is 5.92 Å². The van der Waals surface area contributed by atoms with E-state index in [4.69, 9.17) is 4.98 Å². The number of likely N-dealkylation sites (tertiary alicyclic amines) is 1. The van der Waals surface area contributed by atoms with Crippen LogP contribution < -0.4 is 4.90 Å². The van der Waals surface area contributed by atoms with Gasteiger partial charge in [-0.25, -0.2) is 23.7 Å². The summed E-state index contributed by atoms with van der Waals surface area (Å²) in [7, 11) is 0. The Bertz CT molecular complexity index is 1390. The third-order valence-electron chi connectivity index (χ3n) is 7.37. The number of carbonyl (C=O) groups excluding carboxylic acids is 1. The minimum Gasteiger partial charge on any atom is -0.321 e. The second-order valence-electron chi connectivity index (χ2n) is 10.1. The molecule has 1 aromatic carbocycles. The maximum Gasteiger partial charge on any atom is 0.326 e. The average molecular weight is 520 g/mol. The fourth-order valence-corrected chi connectivity index (χ4v) is 5.24. The largest absolute Gasteiger partial charge is 0.326 e. The molecule has 10 nitrogen and oxygen atoms in total. The van der Waals surface area contributed by atoms with Crippen LogP contribution >= 0.6 is 0 Å². The third-order valence-corrected chi connectivity index (χ3v) is 7.37. The number of rotatable bonds is 7. The van der Waals surface area contributed by atoms with Gasteiger partial charge in [-0.3, -0.25) is 14.9 Å². The van der Waals surface area contributed by atoms with Gasteiger partial charge in [0.25, 0.3) is 0 Å². The highest BCUT2D eigenvalue weighted by Crippen LogP contribution is 2.31. The summed E-state index contributed by atoms with van der Waals surface area (Å²) in [5.41, 5.74) is 3.47. The van der Waals surface area contributed by atoms with E-state index in [0.29, 0.717) is 49.9 Å². The summed E-state index contributed by atoms with van der Waals surface area (Å²) in [5, 5.41) is 11.3. The number of hydrogen-bond acceptors (Lipinski definition) is 6. The van der Waals surface area contributed by atoms with Crippen LogP contribution in [0, 0.1) is 5.92 Å². The quantitative estimate of drug-likeness (QED) is 0.394. The molecule has 0 saturated carbocycles. The second-order valence-corrected chi connectivity index (χ2v) is 10.1. The number of carbonyl (C=O) groups is 1. The van der Waals surface area contributed by atoms with Crippen molar-refractivity contribution in [1.29, 1.82) is 0 Å². The zero-order chi connectivity index (χ0) is 25.5. The molecule has 3 aromatic heterocycles. The molecule has 2 fully saturated rings. The molecule has 4 aromatic rings. The molecule has 11 heteroatoms. The molecular weight excluding hydrogens is 485 g/mol. The smallest absolute Gasteiger partial charge is 0.321 e. The summed E-state index contributed by atoms with van der Waals surface area (Å²) in [4.78, 5) is 28.5. The molecule has 0 aliphatic carbocycles. The summed E-state index contributed by atoms with van der Waals surface area (Å²) >= 11 is 0. The molecule has 0 spiro atoms. The van der Waals surface area contributed by atoms with Crippen molar-refractivity contribution in [3.8, 4) is 22.5 Å². The highest BCUT2D eigenvalue weighted by molar-refractivity contribution is 5.94. The predicted molar refractivity (Wildman–Crippen MR) is 145 cm³/mol. The van der Waals surface area contributed by atoms with Gasteiger partial charge in [0.2, 0.25) is 0 Å². The molecule has 0 radical (unpaired) electrons. The minimum atomic E-state index is -0.756. The van der Waals surface area contributed by atoms with Crippen LogP contribution in [0.25, 0.3) is 28.2 Å². The average Bonchev–Trinajstić information content (AvgIpc) is 3.70. The first kappa shape index (κ1) is 25.8. The summed E-state index contributed by atoms with van der Waals surface area (Å²) in [6, 6.07) is 9.76. The van der Waals surface area contributed by atoms with Crippen LogP contribution in [-0.4, -0.2) is 90.5 Å². The zero-order valence-electron chi connectivity index (χ0n) is 21.0. The molecule has 200 valence electrons. The van der Waals surface area contributed by atoms with Gasteiger partial charge in [-0.1, -0.05) is 45.5 Å². The number of amides is 2. The molecule has 5 heterocycles. The van der Waals surface area contributed by atoms with Crippen molar-refractivity contribution < 1.29 is 9.18 Å². The Hall–Kier alpha value is -3.86. The van der Waals surface area contributed by atoms with Crippen LogP contribution in [0.3, 0.4) is 0 Å². The van der Waals surface area contributed by atoms with Crippen LogP contribution in [0.2, 0.25) is 0 Å². The Kier molecular flexibility index (Phi) is 7.11. The molecule has 2 aliphatic heterocycles. The van der Waals surface area contributed by atoms with E-state index in [9.17, 15) is 9.18 Å². The van der Waals surface area contributed by atoms with Crippen molar-refractivity contribution in [3.05, 3.63) is 49.1 Å². The van der Waals surface area contributed by atoms with Gasteiger partial charge in [-0.05, 0) is 24.0 Å². The SMILES string of the molecule is C.CC(C)[C@H]1CN(CCN2CC[C@H](F)C2)C(=O)N1c1ccn2ncc(-c3ccc(-c4ncn[nH]4)cc3)c2n1. The van der Waals surface area contributed by atoms with E-state index in [0.717, 1.165) is 23.2 Å². The Morgan fingerprint density at radius 2 is 1.89 bits per heavy atom. The van der Waals surface area contributed by atoms with E-state index in [1.807, 2.05) is 46.3 Å². The van der Waals surface area contributed by atoms with Gasteiger partial charge in [0.15, 0.2) is 11.5 Å². The second kappa shape index (κ2) is 10.5. The summed E-state index contributed by atoms with van der Waals surface area (Å²) in [5.74, 6) is 1.57. The summed E-state index contributed by atoms with van der Waals surface area (Å²) in [6.07, 6.45) is 4.95. The van der Waals surface area contributed by atoms with E-state index < -0.39 is 6.17 Å². The van der Waals surface area contributed by atoms with Crippen LogP contribution in [0.15, 0.2) is 49.1 Å². The first-order chi connectivity index (χ1) is 18.0. The molecule has 2 atom stereocenters. The van der Waals surface area contributed by atoms with Gasteiger partial charge in [0.1, 0.15) is 18.3 Å². The predicted octanol–water partition coefficient (Wildman–Crippen LogP) is 4.13. The molecular formula is C27H34FN9O. The van der Waals surface area contributed by atoms with Crippen molar-refractivity contribution in [2.75, 3.05) is 37.6 Å². The van der Waals surface area contributed by atoms with Crippen molar-refractivity contribution in [3.63, 3.8) is 0 Å². The number of benzene rings is 1. The van der Waals surface area contributed by atoms with Crippen LogP contribution in [0.1, 0.15) is 27.7 Å². The van der Waals surface area contributed by atoms with Gasteiger partial charge < -0.3 is 4.90 Å². The Labute approximate surface area is 221 Å². The highest BCUT2D eigenvalue weighted by Gasteiger charge is 2.40. The molecule has 0 bridgehead atoms. The minimum absolute atomic E-state index is 0. The lowest BCUT2D eigenvalue weighted by Crippen LogP contribution is -2.39.